The highest BCUT2D eigenvalue weighted by Gasteiger charge is 2.48. The van der Waals surface area contributed by atoms with E-state index in [1.54, 1.807) is 18.2 Å². The van der Waals surface area contributed by atoms with Crippen LogP contribution < -0.4 is 4.74 Å². The van der Waals surface area contributed by atoms with Crippen LogP contribution in [0.2, 0.25) is 0 Å². The predicted molar refractivity (Wildman–Crippen MR) is 94.0 cm³/mol. The molecule has 2 aliphatic rings. The van der Waals surface area contributed by atoms with Gasteiger partial charge in [0, 0.05) is 24.9 Å². The Morgan fingerprint density at radius 3 is 2.32 bits per heavy atom. The van der Waals surface area contributed by atoms with Crippen LogP contribution in [0, 0.1) is 13.8 Å². The molecule has 1 N–H and O–H groups in total. The summed E-state index contributed by atoms with van der Waals surface area (Å²) in [6, 6.07) is 9.77. The van der Waals surface area contributed by atoms with Gasteiger partial charge in [0.1, 0.15) is 16.7 Å². The van der Waals surface area contributed by atoms with E-state index in [0.717, 1.165) is 31.4 Å². The van der Waals surface area contributed by atoms with Crippen LogP contribution in [0.25, 0.3) is 0 Å². The van der Waals surface area contributed by atoms with E-state index in [4.69, 9.17) is 4.74 Å². The van der Waals surface area contributed by atoms with Crippen molar-refractivity contribution in [1.29, 1.82) is 0 Å². The van der Waals surface area contributed by atoms with Crippen molar-refractivity contribution >= 4 is 10.0 Å². The number of aromatic nitrogens is 2. The van der Waals surface area contributed by atoms with Crippen LogP contribution in [0.4, 0.5) is 0 Å². The summed E-state index contributed by atoms with van der Waals surface area (Å²) in [6.45, 7) is 3.50. The van der Waals surface area contributed by atoms with Crippen molar-refractivity contribution in [3.05, 3.63) is 41.7 Å². The highest BCUT2D eigenvalue weighted by atomic mass is 32.2. The lowest BCUT2D eigenvalue weighted by atomic mass is 10.0. The summed E-state index contributed by atoms with van der Waals surface area (Å²) in [4.78, 5) is 0.340. The first kappa shape index (κ1) is 16.6. The van der Waals surface area contributed by atoms with Gasteiger partial charge in [-0.25, -0.2) is 8.42 Å². The minimum atomic E-state index is -3.53. The zero-order valence-electron chi connectivity index (χ0n) is 14.5. The quantitative estimate of drug-likeness (QED) is 0.909. The molecule has 2 fully saturated rings. The first-order valence-electron chi connectivity index (χ1n) is 8.73. The average molecular weight is 361 g/mol. The summed E-state index contributed by atoms with van der Waals surface area (Å²) in [5, 5.41) is 6.86. The number of aromatic amines is 1. The maximum Gasteiger partial charge on any atom is 0.247 e. The van der Waals surface area contributed by atoms with Gasteiger partial charge in [-0.3, -0.25) is 5.10 Å². The number of H-pyrrole nitrogens is 1. The number of para-hydroxylation sites is 1. The number of hydrogen-bond donors (Lipinski definition) is 1. The average Bonchev–Trinajstić information content (AvgIpc) is 3.06. The van der Waals surface area contributed by atoms with Crippen LogP contribution in [0.15, 0.2) is 35.2 Å². The largest absolute Gasteiger partial charge is 0.490 e. The molecule has 3 heterocycles. The Morgan fingerprint density at radius 1 is 1.12 bits per heavy atom. The van der Waals surface area contributed by atoms with Gasteiger partial charge in [-0.15, -0.1) is 0 Å². The Kier molecular flexibility index (Phi) is 4.08. The predicted octanol–water partition coefficient (Wildman–Crippen LogP) is 2.79. The molecule has 0 radical (unpaired) electrons. The molecule has 2 aromatic rings. The smallest absolute Gasteiger partial charge is 0.247 e. The van der Waals surface area contributed by atoms with E-state index in [0.29, 0.717) is 16.3 Å². The Labute approximate surface area is 148 Å². The highest BCUT2D eigenvalue weighted by molar-refractivity contribution is 7.89. The number of hydrogen-bond acceptors (Lipinski definition) is 4. The highest BCUT2D eigenvalue weighted by Crippen LogP contribution is 2.41. The van der Waals surface area contributed by atoms with Gasteiger partial charge in [-0.2, -0.15) is 9.40 Å². The molecular formula is C18H23N3O3S. The molecule has 0 amide bonds. The van der Waals surface area contributed by atoms with Crippen molar-refractivity contribution in [2.75, 3.05) is 0 Å². The van der Waals surface area contributed by atoms with E-state index < -0.39 is 10.0 Å². The van der Waals surface area contributed by atoms with Gasteiger partial charge in [0.15, 0.2) is 0 Å². The number of nitrogens with one attached hydrogen (secondary N) is 1. The lowest BCUT2D eigenvalue weighted by Gasteiger charge is -2.37. The molecule has 1 aromatic heterocycles. The molecule has 0 spiro atoms. The lowest BCUT2D eigenvalue weighted by Crippen LogP contribution is -2.49. The number of aryl methyl sites for hydroxylation is 2. The Hall–Kier alpha value is -1.86. The molecule has 3 atom stereocenters. The number of rotatable bonds is 4. The van der Waals surface area contributed by atoms with Crippen LogP contribution in [0.5, 0.6) is 5.75 Å². The van der Waals surface area contributed by atoms with Crippen molar-refractivity contribution in [1.82, 2.24) is 14.5 Å². The van der Waals surface area contributed by atoms with Crippen LogP contribution in [-0.4, -0.2) is 41.1 Å². The normalized spacial score (nSPS) is 26.7. The fourth-order valence-corrected chi connectivity index (χ4v) is 6.52. The zero-order chi connectivity index (χ0) is 17.6. The van der Waals surface area contributed by atoms with E-state index in [1.807, 2.05) is 30.3 Å². The molecule has 7 heteroatoms. The van der Waals surface area contributed by atoms with Crippen LogP contribution in [-0.2, 0) is 10.0 Å². The number of nitrogens with zero attached hydrogens (tertiary/aromatic N) is 2. The summed E-state index contributed by atoms with van der Waals surface area (Å²) in [7, 11) is -3.53. The number of fused-ring (bicyclic) bond motifs is 2. The third-order valence-electron chi connectivity index (χ3n) is 5.26. The number of benzene rings is 1. The Morgan fingerprint density at radius 2 is 1.76 bits per heavy atom. The van der Waals surface area contributed by atoms with Gasteiger partial charge in [0.05, 0.1) is 11.4 Å². The van der Waals surface area contributed by atoms with Gasteiger partial charge in [0.2, 0.25) is 10.0 Å². The molecule has 2 saturated heterocycles. The monoisotopic (exact) mass is 361 g/mol. The molecule has 0 unspecified atom stereocenters. The maximum atomic E-state index is 13.2. The van der Waals surface area contributed by atoms with Gasteiger partial charge in [-0.05, 0) is 38.8 Å². The Balaban J connectivity index is 1.57. The second-order valence-electron chi connectivity index (χ2n) is 7.01. The van der Waals surface area contributed by atoms with E-state index in [-0.39, 0.29) is 18.2 Å². The summed E-state index contributed by atoms with van der Waals surface area (Å²) < 4.78 is 34.3. The molecule has 25 heavy (non-hydrogen) atoms. The van der Waals surface area contributed by atoms with Gasteiger partial charge < -0.3 is 4.74 Å². The molecule has 0 saturated carbocycles. The van der Waals surface area contributed by atoms with Gasteiger partial charge >= 0.3 is 0 Å². The van der Waals surface area contributed by atoms with E-state index in [2.05, 4.69) is 10.2 Å². The third kappa shape index (κ3) is 2.85. The third-order valence-corrected chi connectivity index (χ3v) is 7.53. The first-order valence-corrected chi connectivity index (χ1v) is 10.2. The summed E-state index contributed by atoms with van der Waals surface area (Å²) >= 11 is 0. The molecule has 2 bridgehead atoms. The van der Waals surface area contributed by atoms with Crippen molar-refractivity contribution in [2.24, 2.45) is 0 Å². The maximum absolute atomic E-state index is 13.2. The van der Waals surface area contributed by atoms with Crippen molar-refractivity contribution in [3.8, 4) is 5.75 Å². The molecule has 1 aromatic carbocycles. The van der Waals surface area contributed by atoms with E-state index >= 15 is 0 Å². The van der Waals surface area contributed by atoms with Gasteiger partial charge in [-0.1, -0.05) is 18.2 Å². The van der Waals surface area contributed by atoms with Crippen LogP contribution in [0.1, 0.15) is 37.1 Å². The van der Waals surface area contributed by atoms with Crippen molar-refractivity contribution in [3.63, 3.8) is 0 Å². The molecule has 4 rings (SSSR count). The second-order valence-corrected chi connectivity index (χ2v) is 8.79. The fraction of sp³-hybridized carbons (Fsp3) is 0.500. The summed E-state index contributed by atoms with van der Waals surface area (Å²) in [6.07, 6.45) is 3.34. The lowest BCUT2D eigenvalue weighted by molar-refractivity contribution is 0.0956. The van der Waals surface area contributed by atoms with Crippen LogP contribution >= 0.6 is 0 Å². The number of sulfonamides is 1. The van der Waals surface area contributed by atoms with Crippen molar-refractivity contribution in [2.45, 2.75) is 62.6 Å². The first-order chi connectivity index (χ1) is 12.0. The molecule has 2 aliphatic heterocycles. The Bertz CT molecular complexity index is 829. The zero-order valence-corrected chi connectivity index (χ0v) is 15.3. The molecule has 6 nitrogen and oxygen atoms in total. The molecular weight excluding hydrogens is 338 g/mol. The summed E-state index contributed by atoms with van der Waals surface area (Å²) in [5.74, 6) is 0.852. The minimum absolute atomic E-state index is 0.00571. The second kappa shape index (κ2) is 6.14. The summed E-state index contributed by atoms with van der Waals surface area (Å²) in [5.41, 5.74) is 1.15. The number of ether oxygens (including phenoxy) is 1. The van der Waals surface area contributed by atoms with Crippen LogP contribution in [0.3, 0.4) is 0 Å². The van der Waals surface area contributed by atoms with Crippen molar-refractivity contribution < 1.29 is 13.2 Å². The standard InChI is InChI=1S/C18H23N3O3S/c1-12-18(13(2)20-19-12)25(22,23)21-14-8-9-15(21)11-17(10-14)24-16-6-4-3-5-7-16/h3-7,14-15,17H,8-11H2,1-2H3,(H,19,20)/t14-,15+,17+. The fourth-order valence-electron chi connectivity index (χ4n) is 4.29. The minimum Gasteiger partial charge on any atom is -0.490 e. The van der Waals surface area contributed by atoms with Gasteiger partial charge in [0.25, 0.3) is 0 Å². The SMILES string of the molecule is Cc1n[nH]c(C)c1S(=O)(=O)N1[C@@H]2CC[C@H]1C[C@@H](Oc1ccccc1)C2. The molecule has 0 aliphatic carbocycles. The topological polar surface area (TPSA) is 75.3 Å². The van der Waals surface area contributed by atoms with E-state index in [1.165, 1.54) is 0 Å². The molecule has 134 valence electrons. The number of piperidine rings is 1. The van der Waals surface area contributed by atoms with E-state index in [9.17, 15) is 8.42 Å².